The van der Waals surface area contributed by atoms with Crippen LogP contribution in [0.25, 0.3) is 0 Å². The van der Waals surface area contributed by atoms with Crippen LogP contribution >= 0.6 is 0 Å². The Balaban J connectivity index is 2.02. The lowest BCUT2D eigenvalue weighted by atomic mass is 9.78. The van der Waals surface area contributed by atoms with Gasteiger partial charge in [0.25, 0.3) is 0 Å². The normalized spacial score (nSPS) is 24.6. The molecule has 92 valence electrons. The Morgan fingerprint density at radius 1 is 1.35 bits per heavy atom. The molecule has 0 radical (unpaired) electrons. The Kier molecular flexibility index (Phi) is 3.87. The van der Waals surface area contributed by atoms with Crippen molar-refractivity contribution in [2.24, 2.45) is 11.8 Å². The highest BCUT2D eigenvalue weighted by molar-refractivity contribution is 5.97. The summed E-state index contributed by atoms with van der Waals surface area (Å²) >= 11 is 0. The molecule has 1 aliphatic carbocycles. The topological polar surface area (TPSA) is 30.0 Å². The highest BCUT2D eigenvalue weighted by atomic mass is 19.1. The second kappa shape index (κ2) is 5.39. The summed E-state index contributed by atoms with van der Waals surface area (Å²) in [5.74, 6) is 0.468. The van der Waals surface area contributed by atoms with Crippen LogP contribution < -0.4 is 0 Å². The fourth-order valence-corrected chi connectivity index (χ4v) is 2.62. The van der Waals surface area contributed by atoms with Gasteiger partial charge in [0.1, 0.15) is 5.82 Å². The fraction of sp³-hybridized carbons (Fsp3) is 0.571. The van der Waals surface area contributed by atoms with Crippen LogP contribution in [0.4, 0.5) is 4.39 Å². The fourth-order valence-electron chi connectivity index (χ4n) is 2.62. The third kappa shape index (κ3) is 2.90. The minimum Gasteiger partial charge on any atom is -0.294 e. The molecule has 0 aromatic carbocycles. The number of Topliss-reactive ketones (excluding diaryl/α,β-unsaturated/α-hetero) is 1. The van der Waals surface area contributed by atoms with E-state index in [9.17, 15) is 9.18 Å². The first-order chi connectivity index (χ1) is 8.20. The van der Waals surface area contributed by atoms with Crippen LogP contribution in [0.1, 0.15) is 49.4 Å². The SMILES string of the molecule is CCC1CCC(C(=O)c2cncc(F)c2)CC1. The quantitative estimate of drug-likeness (QED) is 0.749. The van der Waals surface area contributed by atoms with Gasteiger partial charge in [-0.15, -0.1) is 0 Å². The molecule has 0 saturated heterocycles. The third-order valence-electron chi connectivity index (χ3n) is 3.78. The summed E-state index contributed by atoms with van der Waals surface area (Å²) in [6.07, 6.45) is 7.91. The van der Waals surface area contributed by atoms with E-state index in [0.29, 0.717) is 5.56 Å². The zero-order chi connectivity index (χ0) is 12.3. The van der Waals surface area contributed by atoms with Crippen LogP contribution in [0.3, 0.4) is 0 Å². The van der Waals surface area contributed by atoms with E-state index < -0.39 is 5.82 Å². The van der Waals surface area contributed by atoms with Gasteiger partial charge >= 0.3 is 0 Å². The van der Waals surface area contributed by atoms with E-state index in [1.54, 1.807) is 0 Å². The predicted molar refractivity (Wildman–Crippen MR) is 64.3 cm³/mol. The van der Waals surface area contributed by atoms with E-state index in [4.69, 9.17) is 0 Å². The lowest BCUT2D eigenvalue weighted by molar-refractivity contribution is 0.0870. The number of carbonyl (C=O) groups excluding carboxylic acids is 1. The van der Waals surface area contributed by atoms with Crippen molar-refractivity contribution in [3.8, 4) is 0 Å². The number of pyridine rings is 1. The van der Waals surface area contributed by atoms with Crippen molar-refractivity contribution in [3.05, 3.63) is 29.8 Å². The summed E-state index contributed by atoms with van der Waals surface area (Å²) in [5.41, 5.74) is 0.421. The van der Waals surface area contributed by atoms with E-state index in [1.807, 2.05) is 0 Å². The standard InChI is InChI=1S/C14H18FNO/c1-2-10-3-5-11(6-4-10)14(17)12-7-13(15)9-16-8-12/h7-11H,2-6H2,1H3. The number of halogens is 1. The number of nitrogens with zero attached hydrogens (tertiary/aromatic N) is 1. The Morgan fingerprint density at radius 3 is 2.65 bits per heavy atom. The van der Waals surface area contributed by atoms with Crippen molar-refractivity contribution in [2.75, 3.05) is 0 Å². The molecule has 0 aliphatic heterocycles. The summed E-state index contributed by atoms with van der Waals surface area (Å²) in [6.45, 7) is 2.20. The third-order valence-corrected chi connectivity index (χ3v) is 3.78. The number of hydrogen-bond donors (Lipinski definition) is 0. The monoisotopic (exact) mass is 235 g/mol. The van der Waals surface area contributed by atoms with Crippen LogP contribution in [0.15, 0.2) is 18.5 Å². The molecule has 0 unspecified atom stereocenters. The van der Waals surface area contributed by atoms with Crippen molar-refractivity contribution < 1.29 is 9.18 Å². The molecule has 17 heavy (non-hydrogen) atoms. The van der Waals surface area contributed by atoms with Gasteiger partial charge in [-0.05, 0) is 37.7 Å². The van der Waals surface area contributed by atoms with Gasteiger partial charge in [-0.1, -0.05) is 13.3 Å². The molecule has 2 nitrogen and oxygen atoms in total. The molecule has 1 fully saturated rings. The van der Waals surface area contributed by atoms with Crippen molar-refractivity contribution in [3.63, 3.8) is 0 Å². The average Bonchev–Trinajstić information content (AvgIpc) is 2.38. The molecule has 1 aliphatic rings. The lowest BCUT2D eigenvalue weighted by Gasteiger charge is -2.26. The van der Waals surface area contributed by atoms with Gasteiger partial charge in [-0.3, -0.25) is 9.78 Å². The number of rotatable bonds is 3. The van der Waals surface area contributed by atoms with Gasteiger partial charge in [0.05, 0.1) is 6.20 Å². The minimum absolute atomic E-state index is 0.0616. The van der Waals surface area contributed by atoms with E-state index in [0.717, 1.165) is 37.8 Å². The molecule has 1 aromatic heterocycles. The largest absolute Gasteiger partial charge is 0.294 e. The van der Waals surface area contributed by atoms with Gasteiger partial charge in [0.2, 0.25) is 0 Å². The molecule has 1 heterocycles. The van der Waals surface area contributed by atoms with Gasteiger partial charge in [0, 0.05) is 17.7 Å². The smallest absolute Gasteiger partial charge is 0.167 e. The van der Waals surface area contributed by atoms with E-state index in [1.165, 1.54) is 18.7 Å². The molecular formula is C14H18FNO. The molecule has 0 N–H and O–H groups in total. The zero-order valence-electron chi connectivity index (χ0n) is 10.2. The summed E-state index contributed by atoms with van der Waals surface area (Å²) < 4.78 is 13.0. The van der Waals surface area contributed by atoms with Gasteiger partial charge in [-0.25, -0.2) is 4.39 Å². The summed E-state index contributed by atoms with van der Waals surface area (Å²) in [5, 5.41) is 0. The Morgan fingerprint density at radius 2 is 2.06 bits per heavy atom. The van der Waals surface area contributed by atoms with Crippen molar-refractivity contribution in [1.82, 2.24) is 4.98 Å². The molecule has 1 saturated carbocycles. The molecular weight excluding hydrogens is 217 g/mol. The van der Waals surface area contributed by atoms with Crippen LogP contribution in [-0.4, -0.2) is 10.8 Å². The second-order valence-corrected chi connectivity index (χ2v) is 4.88. The predicted octanol–water partition coefficient (Wildman–Crippen LogP) is 3.62. The van der Waals surface area contributed by atoms with Crippen LogP contribution in [0.5, 0.6) is 0 Å². The number of ketones is 1. The molecule has 1 aromatic rings. The first-order valence-electron chi connectivity index (χ1n) is 6.35. The van der Waals surface area contributed by atoms with Crippen molar-refractivity contribution >= 4 is 5.78 Å². The molecule has 0 atom stereocenters. The maximum Gasteiger partial charge on any atom is 0.167 e. The average molecular weight is 235 g/mol. The first-order valence-corrected chi connectivity index (χ1v) is 6.35. The minimum atomic E-state index is -0.432. The maximum atomic E-state index is 13.0. The van der Waals surface area contributed by atoms with E-state index in [-0.39, 0.29) is 11.7 Å². The second-order valence-electron chi connectivity index (χ2n) is 4.88. The lowest BCUT2D eigenvalue weighted by Crippen LogP contribution is -2.22. The van der Waals surface area contributed by atoms with E-state index >= 15 is 0 Å². The number of carbonyl (C=O) groups is 1. The highest BCUT2D eigenvalue weighted by Gasteiger charge is 2.26. The van der Waals surface area contributed by atoms with Crippen LogP contribution in [0, 0.1) is 17.7 Å². The molecule has 0 amide bonds. The molecule has 2 rings (SSSR count). The van der Waals surface area contributed by atoms with Crippen molar-refractivity contribution in [2.45, 2.75) is 39.0 Å². The maximum absolute atomic E-state index is 13.0. The molecule has 3 heteroatoms. The van der Waals surface area contributed by atoms with Crippen LogP contribution in [-0.2, 0) is 0 Å². The summed E-state index contributed by atoms with van der Waals surface area (Å²) in [4.78, 5) is 15.9. The van der Waals surface area contributed by atoms with Crippen LogP contribution in [0.2, 0.25) is 0 Å². The van der Waals surface area contributed by atoms with Gasteiger partial charge in [-0.2, -0.15) is 0 Å². The summed E-state index contributed by atoms with van der Waals surface area (Å²) in [7, 11) is 0. The number of hydrogen-bond acceptors (Lipinski definition) is 2. The van der Waals surface area contributed by atoms with E-state index in [2.05, 4.69) is 11.9 Å². The zero-order valence-corrected chi connectivity index (χ0v) is 10.2. The molecule has 0 spiro atoms. The summed E-state index contributed by atoms with van der Waals surface area (Å²) in [6, 6.07) is 1.29. The van der Waals surface area contributed by atoms with Gasteiger partial charge < -0.3 is 0 Å². The Bertz CT molecular complexity index is 397. The van der Waals surface area contributed by atoms with Crippen molar-refractivity contribution in [1.29, 1.82) is 0 Å². The first kappa shape index (κ1) is 12.2. The van der Waals surface area contributed by atoms with Gasteiger partial charge in [0.15, 0.2) is 5.78 Å². The molecule has 0 bridgehead atoms. The Labute approximate surface area is 101 Å². The Hall–Kier alpha value is -1.25. The highest BCUT2D eigenvalue weighted by Crippen LogP contribution is 2.32. The number of aromatic nitrogens is 1.